The highest BCUT2D eigenvalue weighted by atomic mass is 35.5. The van der Waals surface area contributed by atoms with Gasteiger partial charge in [0.05, 0.1) is 53.3 Å². The number of amides is 4. The second-order valence-corrected chi connectivity index (χ2v) is 18.3. The van der Waals surface area contributed by atoms with Crippen LogP contribution >= 0.6 is 23.2 Å². The van der Waals surface area contributed by atoms with Crippen molar-refractivity contribution in [3.63, 3.8) is 0 Å². The topological polar surface area (TPSA) is 183 Å². The van der Waals surface area contributed by atoms with Gasteiger partial charge in [-0.1, -0.05) is 81.3 Å². The number of unbranched alkanes of at least 4 members (excludes halogenated alkanes) is 5. The highest BCUT2D eigenvalue weighted by Crippen LogP contribution is 2.41. The maximum atomic E-state index is 12.7. The Balaban J connectivity index is 0.000000256. The molecule has 1 unspecified atom stereocenters. The van der Waals surface area contributed by atoms with E-state index in [0.29, 0.717) is 99.5 Å². The molecule has 4 aromatic rings. The van der Waals surface area contributed by atoms with Crippen LogP contribution in [0.1, 0.15) is 118 Å². The summed E-state index contributed by atoms with van der Waals surface area (Å²) in [6, 6.07) is 13.9. The minimum atomic E-state index is -0.624. The molecule has 3 aromatic carbocycles. The molecular formula is C52H63Cl2N7O8. The zero-order valence-electron chi connectivity index (χ0n) is 40.1. The quantitative estimate of drug-likeness (QED) is 0.0597. The molecule has 4 heterocycles. The summed E-state index contributed by atoms with van der Waals surface area (Å²) in [6.07, 6.45) is 12.0. The zero-order chi connectivity index (χ0) is 49.5. The van der Waals surface area contributed by atoms with E-state index in [2.05, 4.69) is 40.4 Å². The van der Waals surface area contributed by atoms with Crippen molar-refractivity contribution in [3.8, 4) is 23.3 Å². The Bertz CT molecular complexity index is 2540. The lowest BCUT2D eigenvalue weighted by Gasteiger charge is -2.34. The summed E-state index contributed by atoms with van der Waals surface area (Å²) in [4.78, 5) is 71.3. The van der Waals surface area contributed by atoms with Crippen LogP contribution in [0.5, 0.6) is 17.2 Å². The first-order chi connectivity index (χ1) is 33.4. The lowest BCUT2D eigenvalue weighted by Crippen LogP contribution is -2.52. The van der Waals surface area contributed by atoms with E-state index in [1.54, 1.807) is 37.4 Å². The molecule has 3 aliphatic heterocycles. The van der Waals surface area contributed by atoms with E-state index in [-0.39, 0.29) is 29.9 Å². The maximum Gasteiger partial charge on any atom is 0.255 e. The molecule has 0 spiro atoms. The van der Waals surface area contributed by atoms with Crippen molar-refractivity contribution in [1.29, 1.82) is 5.26 Å². The van der Waals surface area contributed by atoms with Crippen molar-refractivity contribution in [2.24, 2.45) is 0 Å². The number of carbonyl (C=O) groups excluding carboxylic acids is 5. The van der Waals surface area contributed by atoms with Crippen LogP contribution in [-0.4, -0.2) is 109 Å². The molecule has 0 radical (unpaired) electrons. The van der Waals surface area contributed by atoms with Gasteiger partial charge in [0.1, 0.15) is 23.6 Å². The normalized spacial score (nSPS) is 15.8. The van der Waals surface area contributed by atoms with Crippen molar-refractivity contribution in [2.45, 2.75) is 110 Å². The molecule has 69 heavy (non-hydrogen) atoms. The van der Waals surface area contributed by atoms with Crippen LogP contribution in [0.3, 0.4) is 0 Å². The predicted octanol–water partition coefficient (Wildman–Crippen LogP) is 9.20. The zero-order valence-corrected chi connectivity index (χ0v) is 41.6. The predicted molar refractivity (Wildman–Crippen MR) is 267 cm³/mol. The SMILES string of the molecule is CCCCCC(=O)Cc1cccc2c1CN(C1CCC(=O)NC1=O)C2=O.CCCCCCC(=O)N1CCN(CCCOc2cc3ncc(C#N)c(Nc4cc(OC)c(Cl)cc4Cl)c3cc2OC)CC1. The second kappa shape index (κ2) is 25.6. The van der Waals surface area contributed by atoms with Gasteiger partial charge in [0, 0.05) is 94.2 Å². The van der Waals surface area contributed by atoms with Gasteiger partial charge in [-0.3, -0.25) is 39.2 Å². The van der Waals surface area contributed by atoms with E-state index in [1.807, 2.05) is 17.0 Å². The third-order valence-corrected chi connectivity index (χ3v) is 13.4. The number of Topliss-reactive ketones (excluding diaryl/α,β-unsaturated/α-hetero) is 1. The van der Waals surface area contributed by atoms with Crippen LogP contribution in [0, 0.1) is 11.3 Å². The van der Waals surface area contributed by atoms with Crippen LogP contribution in [0.4, 0.5) is 11.4 Å². The van der Waals surface area contributed by atoms with Gasteiger partial charge in [-0.2, -0.15) is 5.26 Å². The van der Waals surface area contributed by atoms with Gasteiger partial charge in [-0.05, 0) is 55.0 Å². The molecule has 0 saturated carbocycles. The molecule has 7 rings (SSSR count). The number of anilines is 2. The van der Waals surface area contributed by atoms with Gasteiger partial charge in [0.15, 0.2) is 11.5 Å². The highest BCUT2D eigenvalue weighted by Gasteiger charge is 2.40. The van der Waals surface area contributed by atoms with Crippen molar-refractivity contribution in [1.82, 2.24) is 25.0 Å². The molecule has 17 heteroatoms. The molecule has 0 bridgehead atoms. The fourth-order valence-corrected chi connectivity index (χ4v) is 9.36. The summed E-state index contributed by atoms with van der Waals surface area (Å²) in [5.74, 6) is 1.10. The number of rotatable bonds is 21. The smallest absolute Gasteiger partial charge is 0.255 e. The first-order valence-corrected chi connectivity index (χ1v) is 24.8. The van der Waals surface area contributed by atoms with Gasteiger partial charge in [0.2, 0.25) is 17.7 Å². The summed E-state index contributed by atoms with van der Waals surface area (Å²) in [5.41, 5.74) is 4.30. The fraction of sp³-hybridized carbons (Fsp3) is 0.481. The molecule has 3 aliphatic rings. The number of nitrogens with one attached hydrogen (secondary N) is 2. The number of piperazine rings is 1. The molecule has 15 nitrogen and oxygen atoms in total. The minimum Gasteiger partial charge on any atom is -0.495 e. The number of nitriles is 1. The molecule has 1 atom stereocenters. The van der Waals surface area contributed by atoms with Gasteiger partial charge < -0.3 is 29.3 Å². The summed E-state index contributed by atoms with van der Waals surface area (Å²) in [5, 5.41) is 16.8. The van der Waals surface area contributed by atoms with Crippen LogP contribution in [-0.2, 0) is 32.1 Å². The number of imide groups is 1. The Morgan fingerprint density at radius 2 is 1.62 bits per heavy atom. The molecular weight excluding hydrogens is 922 g/mol. The van der Waals surface area contributed by atoms with Crippen molar-refractivity contribution < 1.29 is 38.2 Å². The number of hydrogen-bond acceptors (Lipinski definition) is 12. The van der Waals surface area contributed by atoms with E-state index in [9.17, 15) is 29.2 Å². The number of nitrogens with zero attached hydrogens (tertiary/aromatic N) is 5. The third-order valence-electron chi connectivity index (χ3n) is 12.7. The first kappa shape index (κ1) is 52.4. The van der Waals surface area contributed by atoms with Crippen molar-refractivity contribution in [2.75, 3.05) is 58.9 Å². The Hall–Kier alpha value is -5.95. The standard InChI is InChI=1S/C32H39Cl2N5O4.C20H24N2O4/c1-4-5-6-7-9-31(40)39-13-11-38(12-14-39)10-8-15-43-30-18-26-23(16-29(30)42-3)32(22(20-35)21-36-26)37-27-19-28(41-2)25(34)17-24(27)33;1-2-3-4-7-14(23)11-13-6-5-8-15-16(13)12-22(20(15)26)17-9-10-18(24)21-19(17)25/h16-19,21H,4-15H2,1-3H3,(H,36,37);5-6,8,17H,2-4,7,9-12H2,1H3,(H,21,24,25). The van der Waals surface area contributed by atoms with E-state index in [1.165, 1.54) is 31.0 Å². The highest BCUT2D eigenvalue weighted by molar-refractivity contribution is 6.37. The number of ether oxygens (including phenoxy) is 3. The van der Waals surface area contributed by atoms with Gasteiger partial charge >= 0.3 is 0 Å². The van der Waals surface area contributed by atoms with Crippen molar-refractivity contribution >= 4 is 74.9 Å². The summed E-state index contributed by atoms with van der Waals surface area (Å²) in [6.45, 7) is 9.31. The molecule has 2 fully saturated rings. The summed E-state index contributed by atoms with van der Waals surface area (Å²) in [7, 11) is 3.10. The molecule has 1 aromatic heterocycles. The second-order valence-electron chi connectivity index (χ2n) is 17.5. The van der Waals surface area contributed by atoms with E-state index >= 15 is 0 Å². The summed E-state index contributed by atoms with van der Waals surface area (Å²) < 4.78 is 17.1. The third kappa shape index (κ3) is 13.6. The lowest BCUT2D eigenvalue weighted by atomic mass is 9.97. The first-order valence-electron chi connectivity index (χ1n) is 24.0. The molecule has 0 aliphatic carbocycles. The Kier molecular flexibility index (Phi) is 19.4. The fourth-order valence-electron chi connectivity index (χ4n) is 8.85. The van der Waals surface area contributed by atoms with Gasteiger partial charge in [-0.25, -0.2) is 0 Å². The number of piperidine rings is 1. The number of methoxy groups -OCH3 is 2. The monoisotopic (exact) mass is 983 g/mol. The number of halogens is 2. The van der Waals surface area contributed by atoms with Crippen LogP contribution in [0.15, 0.2) is 48.7 Å². The number of aromatic nitrogens is 1. The number of fused-ring (bicyclic) bond motifs is 2. The number of carbonyl (C=O) groups is 5. The summed E-state index contributed by atoms with van der Waals surface area (Å²) >= 11 is 12.7. The maximum absolute atomic E-state index is 12.7. The number of hydrogen-bond donors (Lipinski definition) is 2. The average Bonchev–Trinajstić information content (AvgIpc) is 3.68. The van der Waals surface area contributed by atoms with Crippen molar-refractivity contribution in [3.05, 3.63) is 81.0 Å². The number of pyridine rings is 1. The van der Waals surface area contributed by atoms with Gasteiger partial charge in [-0.15, -0.1) is 0 Å². The number of benzene rings is 3. The van der Waals surface area contributed by atoms with E-state index in [0.717, 1.165) is 82.4 Å². The van der Waals surface area contributed by atoms with E-state index in [4.69, 9.17) is 37.4 Å². The van der Waals surface area contributed by atoms with Crippen LogP contribution in [0.2, 0.25) is 10.0 Å². The molecule has 368 valence electrons. The van der Waals surface area contributed by atoms with Gasteiger partial charge in [0.25, 0.3) is 5.91 Å². The molecule has 2 N–H and O–H groups in total. The molecule has 4 amide bonds. The Morgan fingerprint density at radius 3 is 2.33 bits per heavy atom. The molecule has 2 saturated heterocycles. The van der Waals surface area contributed by atoms with E-state index < -0.39 is 11.9 Å². The Labute approximate surface area is 414 Å². The lowest BCUT2D eigenvalue weighted by molar-refractivity contribution is -0.137. The van der Waals surface area contributed by atoms with Crippen LogP contribution in [0.25, 0.3) is 10.9 Å². The minimum absolute atomic E-state index is 0.179. The average molecular weight is 985 g/mol. The largest absolute Gasteiger partial charge is 0.495 e. The Morgan fingerprint density at radius 1 is 0.884 bits per heavy atom. The number of ketones is 1. The van der Waals surface area contributed by atoms with Crippen LogP contribution < -0.4 is 24.8 Å².